The van der Waals surface area contributed by atoms with Crippen LogP contribution in [-0.2, 0) is 11.2 Å². The molecule has 0 radical (unpaired) electrons. The summed E-state index contributed by atoms with van der Waals surface area (Å²) in [5.41, 5.74) is 2.22. The second-order valence-electron chi connectivity index (χ2n) is 4.18. The fourth-order valence-corrected chi connectivity index (χ4v) is 2.18. The summed E-state index contributed by atoms with van der Waals surface area (Å²) in [4.78, 5) is 13.2. The van der Waals surface area contributed by atoms with Crippen molar-refractivity contribution in [3.05, 3.63) is 29.8 Å². The van der Waals surface area contributed by atoms with Gasteiger partial charge in [0.05, 0.1) is 12.5 Å². The highest BCUT2D eigenvalue weighted by atomic mass is 16.4. The van der Waals surface area contributed by atoms with E-state index >= 15 is 0 Å². The van der Waals surface area contributed by atoms with Gasteiger partial charge in [0.15, 0.2) is 0 Å². The highest BCUT2D eigenvalue weighted by Gasteiger charge is 2.28. The lowest BCUT2D eigenvalue weighted by Gasteiger charge is -2.33. The van der Waals surface area contributed by atoms with Crippen molar-refractivity contribution in [2.45, 2.75) is 13.3 Å². The van der Waals surface area contributed by atoms with E-state index in [1.165, 1.54) is 0 Å². The van der Waals surface area contributed by atoms with Crippen LogP contribution < -0.4 is 4.90 Å². The van der Waals surface area contributed by atoms with E-state index in [4.69, 9.17) is 5.11 Å². The molecule has 0 fully saturated rings. The van der Waals surface area contributed by atoms with Crippen LogP contribution in [0.2, 0.25) is 0 Å². The zero-order valence-electron chi connectivity index (χ0n) is 9.81. The van der Waals surface area contributed by atoms with Crippen molar-refractivity contribution >= 4 is 11.7 Å². The van der Waals surface area contributed by atoms with Crippen molar-refractivity contribution in [2.24, 2.45) is 5.92 Å². The number of carbonyl (C=O) groups is 1. The molecular weight excluding hydrogens is 214 g/mol. The molecule has 3 heteroatoms. The number of para-hydroxylation sites is 1. The lowest BCUT2D eigenvalue weighted by molar-refractivity contribution is -0.141. The Kier molecular flexibility index (Phi) is 3.34. The van der Waals surface area contributed by atoms with Gasteiger partial charge in [-0.05, 0) is 25.0 Å². The standard InChI is InChI=1S/C14H15NO2/c1-2-3-8-15-10-12(14(16)17)9-11-6-4-5-7-13(11)15/h4-7,12H,8-10H2,1H3,(H,16,17). The van der Waals surface area contributed by atoms with Crippen molar-refractivity contribution < 1.29 is 9.90 Å². The third kappa shape index (κ3) is 2.42. The number of rotatable bonds is 2. The molecule has 88 valence electrons. The highest BCUT2D eigenvalue weighted by molar-refractivity contribution is 5.74. The average Bonchev–Trinajstić information content (AvgIpc) is 2.35. The minimum Gasteiger partial charge on any atom is -0.481 e. The molecule has 0 aromatic heterocycles. The number of anilines is 1. The van der Waals surface area contributed by atoms with Crippen molar-refractivity contribution in [3.63, 3.8) is 0 Å². The minimum atomic E-state index is -0.728. The molecule has 2 rings (SSSR count). The zero-order chi connectivity index (χ0) is 12.3. The first kappa shape index (κ1) is 11.5. The summed E-state index contributed by atoms with van der Waals surface area (Å²) in [6.45, 7) is 2.93. The van der Waals surface area contributed by atoms with Gasteiger partial charge in [-0.15, -0.1) is 5.92 Å². The van der Waals surface area contributed by atoms with Gasteiger partial charge in [0.25, 0.3) is 0 Å². The molecule has 0 aliphatic carbocycles. The Hall–Kier alpha value is -1.95. The molecule has 0 amide bonds. The van der Waals surface area contributed by atoms with Gasteiger partial charge < -0.3 is 10.0 Å². The Bertz CT molecular complexity index is 484. The first-order valence-electron chi connectivity index (χ1n) is 5.67. The molecule has 1 aromatic carbocycles. The molecule has 3 nitrogen and oxygen atoms in total. The van der Waals surface area contributed by atoms with Crippen LogP contribution in [0, 0.1) is 17.8 Å². The number of nitrogens with zero attached hydrogens (tertiary/aromatic N) is 1. The Balaban J connectivity index is 2.30. The summed E-state index contributed by atoms with van der Waals surface area (Å²) in [5.74, 6) is 4.79. The Morgan fingerprint density at radius 2 is 2.29 bits per heavy atom. The molecule has 17 heavy (non-hydrogen) atoms. The fraction of sp³-hybridized carbons (Fsp3) is 0.357. The lowest BCUT2D eigenvalue weighted by Crippen LogP contribution is -2.39. The van der Waals surface area contributed by atoms with Gasteiger partial charge in [-0.3, -0.25) is 4.79 Å². The number of aliphatic carboxylic acids is 1. The van der Waals surface area contributed by atoms with Gasteiger partial charge in [-0.1, -0.05) is 24.1 Å². The number of carboxylic acids is 1. The maximum Gasteiger partial charge on any atom is 0.308 e. The Labute approximate surface area is 101 Å². The first-order chi connectivity index (χ1) is 8.22. The third-order valence-corrected chi connectivity index (χ3v) is 3.04. The van der Waals surface area contributed by atoms with Crippen molar-refractivity contribution in [1.82, 2.24) is 0 Å². The van der Waals surface area contributed by atoms with Gasteiger partial charge in [0, 0.05) is 12.2 Å². The summed E-state index contributed by atoms with van der Waals surface area (Å²) in [7, 11) is 0. The van der Waals surface area contributed by atoms with Crippen LogP contribution in [0.5, 0.6) is 0 Å². The SMILES string of the molecule is CC#CCN1CC(C(=O)O)Cc2ccccc21. The summed E-state index contributed by atoms with van der Waals surface area (Å²) in [6.07, 6.45) is 0.613. The summed E-state index contributed by atoms with van der Waals surface area (Å²) >= 11 is 0. The zero-order valence-corrected chi connectivity index (χ0v) is 9.81. The van der Waals surface area contributed by atoms with Crippen LogP contribution in [0.15, 0.2) is 24.3 Å². The van der Waals surface area contributed by atoms with Crippen LogP contribution in [0.4, 0.5) is 5.69 Å². The molecule has 1 aromatic rings. The maximum atomic E-state index is 11.1. The number of benzene rings is 1. The molecule has 0 saturated heterocycles. The monoisotopic (exact) mass is 229 g/mol. The number of hydrogen-bond acceptors (Lipinski definition) is 2. The molecular formula is C14H15NO2. The van der Waals surface area contributed by atoms with Crippen LogP contribution in [0.3, 0.4) is 0 Å². The van der Waals surface area contributed by atoms with E-state index < -0.39 is 5.97 Å². The molecule has 1 unspecified atom stereocenters. The fourth-order valence-electron chi connectivity index (χ4n) is 2.18. The second-order valence-corrected chi connectivity index (χ2v) is 4.18. The maximum absolute atomic E-state index is 11.1. The van der Waals surface area contributed by atoms with Gasteiger partial charge in [-0.25, -0.2) is 0 Å². The first-order valence-corrected chi connectivity index (χ1v) is 5.67. The second kappa shape index (κ2) is 4.92. The Morgan fingerprint density at radius 1 is 1.53 bits per heavy atom. The smallest absolute Gasteiger partial charge is 0.308 e. The molecule has 0 bridgehead atoms. The molecule has 1 atom stereocenters. The number of hydrogen-bond donors (Lipinski definition) is 1. The lowest BCUT2D eigenvalue weighted by atomic mass is 9.92. The highest BCUT2D eigenvalue weighted by Crippen LogP contribution is 2.29. The van der Waals surface area contributed by atoms with Crippen LogP contribution in [0.25, 0.3) is 0 Å². The summed E-state index contributed by atoms with van der Waals surface area (Å²) in [5, 5.41) is 9.14. The molecule has 0 spiro atoms. The van der Waals surface area contributed by atoms with Crippen LogP contribution >= 0.6 is 0 Å². The van der Waals surface area contributed by atoms with E-state index in [0.29, 0.717) is 19.5 Å². The van der Waals surface area contributed by atoms with E-state index in [9.17, 15) is 4.79 Å². The summed E-state index contributed by atoms with van der Waals surface area (Å²) in [6, 6.07) is 7.96. The van der Waals surface area contributed by atoms with Gasteiger partial charge in [-0.2, -0.15) is 0 Å². The van der Waals surface area contributed by atoms with E-state index in [1.54, 1.807) is 6.92 Å². The Morgan fingerprint density at radius 3 is 3.00 bits per heavy atom. The molecule has 1 N–H and O–H groups in total. The van der Waals surface area contributed by atoms with Crippen LogP contribution in [0.1, 0.15) is 12.5 Å². The van der Waals surface area contributed by atoms with E-state index in [2.05, 4.69) is 11.8 Å². The predicted octanol–water partition coefficient (Wildman–Crippen LogP) is 1.77. The van der Waals surface area contributed by atoms with Gasteiger partial charge in [0.1, 0.15) is 0 Å². The van der Waals surface area contributed by atoms with E-state index in [0.717, 1.165) is 11.3 Å². The number of fused-ring (bicyclic) bond motifs is 1. The largest absolute Gasteiger partial charge is 0.481 e. The minimum absolute atomic E-state index is 0.330. The molecule has 1 heterocycles. The molecule has 1 aliphatic heterocycles. The van der Waals surface area contributed by atoms with Gasteiger partial charge >= 0.3 is 5.97 Å². The molecule has 0 saturated carbocycles. The number of carboxylic acid groups (broad SMARTS) is 1. The predicted molar refractivity (Wildman–Crippen MR) is 66.9 cm³/mol. The van der Waals surface area contributed by atoms with Gasteiger partial charge in [0.2, 0.25) is 0 Å². The van der Waals surface area contributed by atoms with Crippen molar-refractivity contribution in [2.75, 3.05) is 18.0 Å². The quantitative estimate of drug-likeness (QED) is 0.786. The third-order valence-electron chi connectivity index (χ3n) is 3.04. The van der Waals surface area contributed by atoms with Crippen LogP contribution in [-0.4, -0.2) is 24.2 Å². The summed E-state index contributed by atoms with van der Waals surface area (Å²) < 4.78 is 0. The topological polar surface area (TPSA) is 40.5 Å². The van der Waals surface area contributed by atoms with Crippen molar-refractivity contribution in [1.29, 1.82) is 0 Å². The normalized spacial score (nSPS) is 17.9. The van der Waals surface area contributed by atoms with E-state index in [-0.39, 0.29) is 5.92 Å². The average molecular weight is 229 g/mol. The van der Waals surface area contributed by atoms with E-state index in [1.807, 2.05) is 29.2 Å². The molecule has 1 aliphatic rings. The van der Waals surface area contributed by atoms with Crippen molar-refractivity contribution in [3.8, 4) is 11.8 Å².